The van der Waals surface area contributed by atoms with Crippen LogP contribution in [0.25, 0.3) is 16.8 Å². The number of imidazole rings is 1. The van der Waals surface area contributed by atoms with Crippen molar-refractivity contribution in [2.45, 2.75) is 44.6 Å². The van der Waals surface area contributed by atoms with Crippen LogP contribution in [0.4, 0.5) is 5.82 Å². The Hall–Kier alpha value is -2.14. The highest BCUT2D eigenvalue weighted by molar-refractivity contribution is 7.98. The minimum atomic E-state index is 0.853. The van der Waals surface area contributed by atoms with Gasteiger partial charge in [-0.05, 0) is 86.9 Å². The second-order valence-corrected chi connectivity index (χ2v) is 9.81. The molecule has 0 spiro atoms. The van der Waals surface area contributed by atoms with Crippen LogP contribution in [-0.4, -0.2) is 35.8 Å². The molecule has 4 nitrogen and oxygen atoms in total. The van der Waals surface area contributed by atoms with E-state index in [4.69, 9.17) is 9.72 Å². The SMILES string of the molecule is COc1cc(C)cc(C)c1-c1cccn2c(N(CC3CC3)CC3CC3)c(SC)nc12. The van der Waals surface area contributed by atoms with E-state index < -0.39 is 0 Å². The van der Waals surface area contributed by atoms with E-state index in [2.05, 4.69) is 59.9 Å². The summed E-state index contributed by atoms with van der Waals surface area (Å²) in [5.74, 6) is 3.91. The van der Waals surface area contributed by atoms with E-state index in [0.717, 1.165) is 52.5 Å². The normalized spacial score (nSPS) is 16.3. The highest BCUT2D eigenvalue weighted by Crippen LogP contribution is 2.42. The summed E-state index contributed by atoms with van der Waals surface area (Å²) in [7, 11) is 1.76. The molecule has 0 unspecified atom stereocenters. The Labute approximate surface area is 183 Å². The number of aromatic nitrogens is 2. The molecule has 0 radical (unpaired) electrons. The lowest BCUT2D eigenvalue weighted by Gasteiger charge is -2.25. The number of hydrogen-bond acceptors (Lipinski definition) is 4. The number of nitrogens with zero attached hydrogens (tertiary/aromatic N) is 3. The summed E-state index contributed by atoms with van der Waals surface area (Å²) in [6.07, 6.45) is 9.82. The van der Waals surface area contributed by atoms with Crippen LogP contribution in [0, 0.1) is 25.7 Å². The molecule has 2 saturated carbocycles. The third-order valence-electron chi connectivity index (χ3n) is 6.37. The Balaban J connectivity index is 1.68. The van der Waals surface area contributed by atoms with Crippen molar-refractivity contribution in [3.05, 3.63) is 41.6 Å². The van der Waals surface area contributed by atoms with Crippen LogP contribution in [0.3, 0.4) is 0 Å². The number of ether oxygens (including phenoxy) is 1. The lowest BCUT2D eigenvalue weighted by Crippen LogP contribution is -2.29. The molecule has 2 aliphatic rings. The Morgan fingerprint density at radius 2 is 1.83 bits per heavy atom. The molecule has 3 aromatic rings. The highest BCUT2D eigenvalue weighted by Gasteiger charge is 2.32. The molecule has 2 aliphatic carbocycles. The zero-order valence-electron chi connectivity index (χ0n) is 18.4. The van der Waals surface area contributed by atoms with Crippen LogP contribution in [0.15, 0.2) is 35.5 Å². The van der Waals surface area contributed by atoms with Crippen molar-refractivity contribution in [2.24, 2.45) is 11.8 Å². The number of aryl methyl sites for hydroxylation is 2. The standard InChI is InChI=1S/C25H31N3OS/c1-16-12-17(2)22(21(13-16)29-3)20-6-5-11-28-23(20)26-24(30-4)25(28)27(14-18-7-8-18)15-19-9-10-19/h5-6,11-13,18-19H,7-10,14-15H2,1-4H3. The fourth-order valence-electron chi connectivity index (χ4n) is 4.56. The summed E-state index contributed by atoms with van der Waals surface area (Å²) in [5, 5.41) is 1.13. The predicted molar refractivity (Wildman–Crippen MR) is 126 cm³/mol. The van der Waals surface area contributed by atoms with E-state index in [9.17, 15) is 0 Å². The molecule has 5 heteroatoms. The van der Waals surface area contributed by atoms with Gasteiger partial charge in [0.1, 0.15) is 22.2 Å². The first-order valence-corrected chi connectivity index (χ1v) is 12.3. The van der Waals surface area contributed by atoms with Crippen molar-refractivity contribution in [3.8, 4) is 16.9 Å². The average molecular weight is 422 g/mol. The van der Waals surface area contributed by atoms with Gasteiger partial charge in [-0.3, -0.25) is 4.40 Å². The quantitative estimate of drug-likeness (QED) is 0.419. The smallest absolute Gasteiger partial charge is 0.147 e. The topological polar surface area (TPSA) is 29.8 Å². The lowest BCUT2D eigenvalue weighted by molar-refractivity contribution is 0.416. The van der Waals surface area contributed by atoms with Gasteiger partial charge >= 0.3 is 0 Å². The molecule has 0 N–H and O–H groups in total. The monoisotopic (exact) mass is 421 g/mol. The van der Waals surface area contributed by atoms with Gasteiger partial charge in [0, 0.05) is 30.4 Å². The second kappa shape index (κ2) is 7.84. The van der Waals surface area contributed by atoms with Crippen molar-refractivity contribution in [1.29, 1.82) is 0 Å². The summed E-state index contributed by atoms with van der Waals surface area (Å²) in [4.78, 5) is 7.78. The van der Waals surface area contributed by atoms with Gasteiger partial charge in [-0.25, -0.2) is 4.98 Å². The summed E-state index contributed by atoms with van der Waals surface area (Å²) in [5.41, 5.74) is 5.76. The molecule has 2 heterocycles. The van der Waals surface area contributed by atoms with Crippen LogP contribution >= 0.6 is 11.8 Å². The Bertz CT molecular complexity index is 1070. The first-order chi connectivity index (χ1) is 14.6. The fraction of sp³-hybridized carbons (Fsp3) is 0.480. The minimum absolute atomic E-state index is 0.853. The van der Waals surface area contributed by atoms with Gasteiger partial charge in [0.05, 0.1) is 7.11 Å². The number of pyridine rings is 1. The minimum Gasteiger partial charge on any atom is -0.496 e. The van der Waals surface area contributed by atoms with E-state index in [1.54, 1.807) is 18.9 Å². The lowest BCUT2D eigenvalue weighted by atomic mass is 9.98. The van der Waals surface area contributed by atoms with Gasteiger partial charge in [0.15, 0.2) is 0 Å². The van der Waals surface area contributed by atoms with Gasteiger partial charge in [0.2, 0.25) is 0 Å². The van der Waals surface area contributed by atoms with Gasteiger partial charge in [-0.15, -0.1) is 11.8 Å². The molecule has 0 aliphatic heterocycles. The number of hydrogen-bond donors (Lipinski definition) is 0. The van der Waals surface area contributed by atoms with E-state index in [1.807, 2.05) is 0 Å². The summed E-state index contributed by atoms with van der Waals surface area (Å²) < 4.78 is 8.11. The zero-order chi connectivity index (χ0) is 20.8. The molecule has 0 amide bonds. The van der Waals surface area contributed by atoms with Crippen LogP contribution in [0.5, 0.6) is 5.75 Å². The Morgan fingerprint density at radius 1 is 1.13 bits per heavy atom. The third kappa shape index (κ3) is 3.68. The highest BCUT2D eigenvalue weighted by atomic mass is 32.2. The molecular formula is C25H31N3OS. The van der Waals surface area contributed by atoms with Gasteiger partial charge in [-0.1, -0.05) is 6.07 Å². The third-order valence-corrected chi connectivity index (χ3v) is 7.03. The van der Waals surface area contributed by atoms with Crippen molar-refractivity contribution >= 4 is 23.2 Å². The molecule has 0 saturated heterocycles. The molecule has 2 aromatic heterocycles. The number of thioether (sulfide) groups is 1. The maximum atomic E-state index is 5.79. The maximum Gasteiger partial charge on any atom is 0.147 e. The molecule has 0 bridgehead atoms. The van der Waals surface area contributed by atoms with Crippen molar-refractivity contribution in [3.63, 3.8) is 0 Å². The fourth-order valence-corrected chi connectivity index (χ4v) is 5.15. The van der Waals surface area contributed by atoms with Crippen LogP contribution in [0.1, 0.15) is 36.8 Å². The van der Waals surface area contributed by atoms with E-state index in [0.29, 0.717) is 0 Å². The van der Waals surface area contributed by atoms with Crippen LogP contribution in [-0.2, 0) is 0 Å². The zero-order valence-corrected chi connectivity index (χ0v) is 19.3. The second-order valence-electron chi connectivity index (χ2n) is 9.01. The molecule has 0 atom stereocenters. The van der Waals surface area contributed by atoms with Crippen LogP contribution in [0.2, 0.25) is 0 Å². The summed E-state index contributed by atoms with van der Waals surface area (Å²) in [6, 6.07) is 8.69. The molecule has 1 aromatic carbocycles. The van der Waals surface area contributed by atoms with Crippen LogP contribution < -0.4 is 9.64 Å². The van der Waals surface area contributed by atoms with Gasteiger partial charge in [0.25, 0.3) is 0 Å². The van der Waals surface area contributed by atoms with E-state index in [1.165, 1.54) is 42.6 Å². The largest absolute Gasteiger partial charge is 0.496 e. The number of benzene rings is 1. The number of methoxy groups -OCH3 is 1. The number of anilines is 1. The molecule has 5 rings (SSSR count). The van der Waals surface area contributed by atoms with Crippen molar-refractivity contribution in [2.75, 3.05) is 31.4 Å². The molecular weight excluding hydrogens is 390 g/mol. The molecule has 2 fully saturated rings. The first-order valence-electron chi connectivity index (χ1n) is 11.0. The van der Waals surface area contributed by atoms with Gasteiger partial charge < -0.3 is 9.64 Å². The van der Waals surface area contributed by atoms with Crippen molar-refractivity contribution < 1.29 is 4.74 Å². The number of rotatable bonds is 8. The number of fused-ring (bicyclic) bond motifs is 1. The van der Waals surface area contributed by atoms with E-state index >= 15 is 0 Å². The van der Waals surface area contributed by atoms with Gasteiger partial charge in [-0.2, -0.15) is 0 Å². The Kier molecular flexibility index (Phi) is 5.18. The molecule has 158 valence electrons. The molecule has 30 heavy (non-hydrogen) atoms. The summed E-state index contributed by atoms with van der Waals surface area (Å²) in [6.45, 7) is 6.61. The summed E-state index contributed by atoms with van der Waals surface area (Å²) >= 11 is 1.76. The predicted octanol–water partition coefficient (Wildman–Crippen LogP) is 5.98. The first kappa shape index (κ1) is 19.8. The Morgan fingerprint density at radius 3 is 2.43 bits per heavy atom. The van der Waals surface area contributed by atoms with Crippen molar-refractivity contribution in [1.82, 2.24) is 9.38 Å². The van der Waals surface area contributed by atoms with E-state index in [-0.39, 0.29) is 0 Å². The maximum absolute atomic E-state index is 5.79. The average Bonchev–Trinajstić information content (AvgIpc) is 3.66.